The Kier molecular flexibility index (Phi) is 3.23. The van der Waals surface area contributed by atoms with Gasteiger partial charge >= 0.3 is 0 Å². The Labute approximate surface area is 106 Å². The molecule has 0 aromatic carbocycles. The fourth-order valence-corrected chi connectivity index (χ4v) is 5.02. The van der Waals surface area contributed by atoms with Crippen LogP contribution in [0.4, 0.5) is 0 Å². The number of hydrogen-bond acceptors (Lipinski definition) is 1. The largest absolute Gasteiger partial charge is 0.376 e. The summed E-state index contributed by atoms with van der Waals surface area (Å²) in [5, 5.41) is 0. The number of rotatable bonds is 3. The predicted molar refractivity (Wildman–Crippen MR) is 71.0 cm³/mol. The third kappa shape index (κ3) is 2.05. The van der Waals surface area contributed by atoms with Crippen LogP contribution in [0.3, 0.4) is 0 Å². The van der Waals surface area contributed by atoms with E-state index in [1.807, 2.05) is 0 Å². The molecule has 0 aromatic heterocycles. The van der Waals surface area contributed by atoms with Crippen LogP contribution >= 0.6 is 0 Å². The summed E-state index contributed by atoms with van der Waals surface area (Å²) in [5.74, 6) is 2.10. The molecule has 3 aliphatic rings. The predicted octanol–water partition coefficient (Wildman–Crippen LogP) is 4.55. The van der Waals surface area contributed by atoms with Crippen LogP contribution in [-0.4, -0.2) is 12.2 Å². The van der Waals surface area contributed by atoms with Gasteiger partial charge in [0.05, 0.1) is 12.2 Å². The fourth-order valence-electron chi connectivity index (χ4n) is 5.02. The van der Waals surface area contributed by atoms with Crippen LogP contribution in [0.2, 0.25) is 0 Å². The van der Waals surface area contributed by atoms with Gasteiger partial charge in [-0.3, -0.25) is 0 Å². The summed E-state index contributed by atoms with van der Waals surface area (Å²) in [6, 6.07) is 0. The molecule has 0 unspecified atom stereocenters. The van der Waals surface area contributed by atoms with Crippen molar-refractivity contribution in [3.05, 3.63) is 0 Å². The van der Waals surface area contributed by atoms with Crippen LogP contribution < -0.4 is 0 Å². The van der Waals surface area contributed by atoms with E-state index >= 15 is 0 Å². The van der Waals surface area contributed by atoms with Crippen molar-refractivity contribution in [2.24, 2.45) is 17.3 Å². The molecule has 3 saturated carbocycles. The average molecular weight is 236 g/mol. The van der Waals surface area contributed by atoms with Crippen molar-refractivity contribution in [3.63, 3.8) is 0 Å². The molecule has 0 bridgehead atoms. The van der Waals surface area contributed by atoms with Gasteiger partial charge in [-0.1, -0.05) is 12.8 Å². The summed E-state index contributed by atoms with van der Waals surface area (Å²) in [4.78, 5) is 0. The molecule has 17 heavy (non-hydrogen) atoms. The molecule has 98 valence electrons. The number of hydrogen-bond donors (Lipinski definition) is 0. The first-order chi connectivity index (χ1) is 8.21. The second-order valence-corrected chi connectivity index (χ2v) is 7.03. The molecule has 1 heteroatoms. The maximum Gasteiger partial charge on any atom is 0.0581 e. The lowest BCUT2D eigenvalue weighted by Gasteiger charge is -2.58. The van der Waals surface area contributed by atoms with Gasteiger partial charge in [-0.15, -0.1) is 0 Å². The Morgan fingerprint density at radius 2 is 1.65 bits per heavy atom. The van der Waals surface area contributed by atoms with Crippen LogP contribution in [0.25, 0.3) is 0 Å². The van der Waals surface area contributed by atoms with E-state index in [2.05, 4.69) is 13.8 Å². The Morgan fingerprint density at radius 3 is 2.18 bits per heavy atom. The smallest absolute Gasteiger partial charge is 0.0581 e. The summed E-state index contributed by atoms with van der Waals surface area (Å²) < 4.78 is 6.05. The van der Waals surface area contributed by atoms with Gasteiger partial charge in [0, 0.05) is 0 Å². The van der Waals surface area contributed by atoms with Gasteiger partial charge in [0.1, 0.15) is 0 Å². The van der Waals surface area contributed by atoms with Crippen LogP contribution in [0.15, 0.2) is 0 Å². The van der Waals surface area contributed by atoms with Gasteiger partial charge < -0.3 is 4.74 Å². The Balaban J connectivity index is 1.62. The SMILES string of the molecule is CC(C)O[C@H]1CC[C@]2(C3CCCC3)CC[C@@H]2C1. The Morgan fingerprint density at radius 1 is 0.941 bits per heavy atom. The molecule has 3 aliphatic carbocycles. The zero-order valence-corrected chi connectivity index (χ0v) is 11.6. The van der Waals surface area contributed by atoms with Crippen LogP contribution in [-0.2, 0) is 4.74 Å². The zero-order chi connectivity index (χ0) is 11.9. The van der Waals surface area contributed by atoms with E-state index < -0.39 is 0 Å². The van der Waals surface area contributed by atoms with Crippen LogP contribution in [0.5, 0.6) is 0 Å². The van der Waals surface area contributed by atoms with Gasteiger partial charge in [-0.2, -0.15) is 0 Å². The Hall–Kier alpha value is -0.0400. The highest BCUT2D eigenvalue weighted by molar-refractivity contribution is 5.04. The monoisotopic (exact) mass is 236 g/mol. The second kappa shape index (κ2) is 4.57. The molecule has 0 saturated heterocycles. The second-order valence-electron chi connectivity index (χ2n) is 7.03. The zero-order valence-electron chi connectivity index (χ0n) is 11.6. The number of fused-ring (bicyclic) bond motifs is 1. The van der Waals surface area contributed by atoms with Crippen molar-refractivity contribution in [1.29, 1.82) is 0 Å². The summed E-state index contributed by atoms with van der Waals surface area (Å²) in [6.45, 7) is 4.36. The maximum absolute atomic E-state index is 6.05. The van der Waals surface area contributed by atoms with Crippen LogP contribution in [0.1, 0.15) is 71.6 Å². The molecule has 0 aliphatic heterocycles. The van der Waals surface area contributed by atoms with Crippen molar-refractivity contribution in [1.82, 2.24) is 0 Å². The highest BCUT2D eigenvalue weighted by Gasteiger charge is 2.54. The standard InChI is InChI=1S/C16H28O/c1-12(2)17-15-8-10-16(9-7-14(16)11-15)13-5-3-4-6-13/h12-15H,3-11H2,1-2H3/t14-,15+,16+/m1/s1. The van der Waals surface area contributed by atoms with Gasteiger partial charge in [0.2, 0.25) is 0 Å². The van der Waals surface area contributed by atoms with Crippen molar-refractivity contribution in [2.45, 2.75) is 83.8 Å². The van der Waals surface area contributed by atoms with Crippen molar-refractivity contribution >= 4 is 0 Å². The van der Waals surface area contributed by atoms with E-state index in [9.17, 15) is 0 Å². The first kappa shape index (κ1) is 12.0. The van der Waals surface area contributed by atoms with Crippen LogP contribution in [0, 0.1) is 17.3 Å². The molecule has 0 heterocycles. The topological polar surface area (TPSA) is 9.23 Å². The van der Waals surface area contributed by atoms with Gasteiger partial charge in [-0.25, -0.2) is 0 Å². The molecule has 0 amide bonds. The molecule has 3 fully saturated rings. The van der Waals surface area contributed by atoms with Crippen molar-refractivity contribution in [2.75, 3.05) is 0 Å². The summed E-state index contributed by atoms with van der Waals surface area (Å²) >= 11 is 0. The summed E-state index contributed by atoms with van der Waals surface area (Å²) in [5.41, 5.74) is 0.785. The molecule has 0 N–H and O–H groups in total. The highest BCUT2D eigenvalue weighted by Crippen LogP contribution is 2.63. The van der Waals surface area contributed by atoms with E-state index in [1.165, 1.54) is 57.8 Å². The minimum absolute atomic E-state index is 0.416. The molecule has 0 radical (unpaired) electrons. The summed E-state index contributed by atoms with van der Waals surface area (Å²) in [6.07, 6.45) is 14.3. The third-order valence-electron chi connectivity index (χ3n) is 5.88. The first-order valence-electron chi connectivity index (χ1n) is 7.86. The van der Waals surface area contributed by atoms with E-state index in [-0.39, 0.29) is 0 Å². The average Bonchev–Trinajstić information content (AvgIpc) is 2.76. The van der Waals surface area contributed by atoms with Gasteiger partial charge in [0.15, 0.2) is 0 Å². The maximum atomic E-state index is 6.05. The first-order valence-corrected chi connectivity index (χ1v) is 7.86. The van der Waals surface area contributed by atoms with Crippen molar-refractivity contribution in [3.8, 4) is 0 Å². The third-order valence-corrected chi connectivity index (χ3v) is 5.88. The fraction of sp³-hybridized carbons (Fsp3) is 1.00. The quantitative estimate of drug-likeness (QED) is 0.698. The lowest BCUT2D eigenvalue weighted by molar-refractivity contribution is -0.127. The molecule has 3 rings (SSSR count). The minimum atomic E-state index is 0.416. The minimum Gasteiger partial charge on any atom is -0.376 e. The molecule has 0 aromatic rings. The number of ether oxygens (including phenoxy) is 1. The Bertz CT molecular complexity index is 267. The molecular formula is C16H28O. The lowest BCUT2D eigenvalue weighted by Crippen LogP contribution is -2.50. The van der Waals surface area contributed by atoms with E-state index in [1.54, 1.807) is 0 Å². The highest BCUT2D eigenvalue weighted by atomic mass is 16.5. The van der Waals surface area contributed by atoms with E-state index in [0.717, 1.165) is 17.3 Å². The van der Waals surface area contributed by atoms with Gasteiger partial charge in [0.25, 0.3) is 0 Å². The van der Waals surface area contributed by atoms with E-state index in [4.69, 9.17) is 4.74 Å². The lowest BCUT2D eigenvalue weighted by atomic mass is 9.48. The van der Waals surface area contributed by atoms with E-state index in [0.29, 0.717) is 12.2 Å². The van der Waals surface area contributed by atoms with Crippen molar-refractivity contribution < 1.29 is 4.74 Å². The molecule has 1 nitrogen and oxygen atoms in total. The molecular weight excluding hydrogens is 208 g/mol. The molecule has 0 spiro atoms. The normalized spacial score (nSPS) is 42.5. The summed E-state index contributed by atoms with van der Waals surface area (Å²) in [7, 11) is 0. The van der Waals surface area contributed by atoms with Gasteiger partial charge in [-0.05, 0) is 76.0 Å². The molecule has 3 atom stereocenters.